The van der Waals surface area contributed by atoms with Gasteiger partial charge < -0.3 is 15.0 Å². The molecule has 2 N–H and O–H groups in total. The third-order valence-corrected chi connectivity index (χ3v) is 4.82. The number of nitrogens with two attached hydrogens (primary N) is 1. The molecule has 3 aromatic rings. The van der Waals surface area contributed by atoms with E-state index < -0.39 is 40.7 Å². The number of amides is 1. The third kappa shape index (κ3) is 4.78. The van der Waals surface area contributed by atoms with Crippen molar-refractivity contribution >= 4 is 5.91 Å². The van der Waals surface area contributed by atoms with Gasteiger partial charge in [0.25, 0.3) is 0 Å². The van der Waals surface area contributed by atoms with Gasteiger partial charge in [-0.3, -0.25) is 4.79 Å². The van der Waals surface area contributed by atoms with Crippen LogP contribution in [0.3, 0.4) is 0 Å². The number of primary amides is 1. The van der Waals surface area contributed by atoms with Gasteiger partial charge in [-0.2, -0.15) is 26.3 Å². The average molecular weight is 472 g/mol. The number of hydrogen-bond acceptors (Lipinski definition) is 4. The van der Waals surface area contributed by atoms with Crippen molar-refractivity contribution in [3.8, 4) is 17.1 Å². The molecule has 2 aromatic carbocycles. The van der Waals surface area contributed by atoms with Gasteiger partial charge in [0.2, 0.25) is 5.91 Å². The van der Waals surface area contributed by atoms with Crippen molar-refractivity contribution in [2.45, 2.75) is 31.8 Å². The molecule has 0 unspecified atom stereocenters. The summed E-state index contributed by atoms with van der Waals surface area (Å²) < 4.78 is 87.7. The number of ether oxygens (including phenoxy) is 1. The van der Waals surface area contributed by atoms with Crippen LogP contribution < -0.4 is 10.5 Å². The van der Waals surface area contributed by atoms with Gasteiger partial charge in [-0.15, -0.1) is 10.2 Å². The lowest BCUT2D eigenvalue weighted by Crippen LogP contribution is -2.30. The Labute approximate surface area is 184 Å². The summed E-state index contributed by atoms with van der Waals surface area (Å²) in [7, 11) is 1.38. The van der Waals surface area contributed by atoms with Crippen LogP contribution in [0.15, 0.2) is 42.5 Å². The van der Waals surface area contributed by atoms with Crippen molar-refractivity contribution in [3.05, 3.63) is 65.0 Å². The van der Waals surface area contributed by atoms with E-state index in [1.165, 1.54) is 43.7 Å². The fraction of sp³-hybridized carbons (Fsp3) is 0.286. The highest BCUT2D eigenvalue weighted by Crippen LogP contribution is 2.41. The molecule has 1 aromatic heterocycles. The van der Waals surface area contributed by atoms with Crippen LogP contribution in [0.2, 0.25) is 0 Å². The number of hydrogen-bond donors (Lipinski definition) is 1. The fourth-order valence-corrected chi connectivity index (χ4v) is 3.33. The zero-order valence-corrected chi connectivity index (χ0v) is 17.5. The Kier molecular flexibility index (Phi) is 5.90. The number of alkyl halides is 6. The van der Waals surface area contributed by atoms with Crippen LogP contribution in [0.5, 0.6) is 5.75 Å². The van der Waals surface area contributed by atoms with Crippen LogP contribution in [0, 0.1) is 0 Å². The van der Waals surface area contributed by atoms with Crippen molar-refractivity contribution in [3.63, 3.8) is 0 Å². The molecule has 0 atom stereocenters. The Bertz CT molecular complexity index is 1200. The smallest absolute Gasteiger partial charge is 0.419 e. The molecule has 33 heavy (non-hydrogen) atoms. The van der Waals surface area contributed by atoms with Gasteiger partial charge in [-0.1, -0.05) is 18.2 Å². The number of aromatic nitrogens is 3. The molecular weight excluding hydrogens is 454 g/mol. The van der Waals surface area contributed by atoms with Crippen molar-refractivity contribution in [2.24, 2.45) is 12.8 Å². The third-order valence-electron chi connectivity index (χ3n) is 4.82. The quantitative estimate of drug-likeness (QED) is 0.534. The summed E-state index contributed by atoms with van der Waals surface area (Å²) in [5.74, 6) is -1.83. The van der Waals surface area contributed by atoms with Crippen molar-refractivity contribution in [1.29, 1.82) is 0 Å². The molecule has 0 spiro atoms. The summed E-state index contributed by atoms with van der Waals surface area (Å²) in [6, 6.07) is 7.32. The fourth-order valence-electron chi connectivity index (χ4n) is 3.33. The lowest BCUT2D eigenvalue weighted by molar-refractivity contribution is -0.140. The number of carbonyl (C=O) groups is 1. The molecule has 3 rings (SSSR count). The topological polar surface area (TPSA) is 83.0 Å². The summed E-state index contributed by atoms with van der Waals surface area (Å²) >= 11 is 0. The van der Waals surface area contributed by atoms with E-state index in [4.69, 9.17) is 10.5 Å². The number of nitrogens with zero attached hydrogens (tertiary/aromatic N) is 3. The van der Waals surface area contributed by atoms with Crippen LogP contribution in [-0.2, 0) is 25.0 Å². The molecule has 0 aliphatic carbocycles. The predicted octanol–water partition coefficient (Wildman–Crippen LogP) is 4.93. The van der Waals surface area contributed by atoms with Gasteiger partial charge in [0.15, 0.2) is 17.2 Å². The van der Waals surface area contributed by atoms with Crippen LogP contribution in [0.1, 0.15) is 41.2 Å². The first-order chi connectivity index (χ1) is 15.1. The maximum absolute atomic E-state index is 13.6. The summed E-state index contributed by atoms with van der Waals surface area (Å²) in [4.78, 5) is 11.3. The molecule has 12 heteroatoms. The second-order valence-electron chi connectivity index (χ2n) is 7.63. The first-order valence-corrected chi connectivity index (χ1v) is 9.39. The van der Waals surface area contributed by atoms with E-state index in [-0.39, 0.29) is 22.8 Å². The highest BCUT2D eigenvalue weighted by Gasteiger charge is 2.39. The van der Waals surface area contributed by atoms with E-state index in [2.05, 4.69) is 10.2 Å². The minimum absolute atomic E-state index is 0.0263. The second-order valence-corrected chi connectivity index (χ2v) is 7.63. The molecule has 0 radical (unpaired) electrons. The summed E-state index contributed by atoms with van der Waals surface area (Å²) in [6.45, 7) is 2.78. The van der Waals surface area contributed by atoms with Crippen molar-refractivity contribution in [1.82, 2.24) is 14.8 Å². The van der Waals surface area contributed by atoms with Gasteiger partial charge in [0, 0.05) is 18.2 Å². The maximum Gasteiger partial charge on any atom is 0.419 e. The number of rotatable bonds is 5. The molecule has 0 aliphatic rings. The van der Waals surface area contributed by atoms with E-state index in [0.29, 0.717) is 6.07 Å². The highest BCUT2D eigenvalue weighted by molar-refractivity contribution is 5.93. The zero-order valence-electron chi connectivity index (χ0n) is 17.5. The molecule has 1 heterocycles. The van der Waals surface area contributed by atoms with Crippen LogP contribution in [-0.4, -0.2) is 20.7 Å². The molecule has 0 bridgehead atoms. The minimum atomic E-state index is -4.87. The lowest BCUT2D eigenvalue weighted by Gasteiger charge is -2.27. The second kappa shape index (κ2) is 8.09. The lowest BCUT2D eigenvalue weighted by atomic mass is 10.0. The molecule has 1 amide bonds. The summed E-state index contributed by atoms with van der Waals surface area (Å²) in [5, 5.41) is 7.71. The van der Waals surface area contributed by atoms with E-state index in [0.717, 1.165) is 18.2 Å². The SMILES string of the molecule is Cn1c(-c2ccccc2C(F)(F)F)nnc1C(C)(C)Oc1ccc(C(N)=O)cc1C(F)(F)F. The van der Waals surface area contributed by atoms with Crippen LogP contribution >= 0.6 is 0 Å². The van der Waals surface area contributed by atoms with Gasteiger partial charge in [-0.05, 0) is 38.1 Å². The first kappa shape index (κ1) is 24.1. The summed E-state index contributed by atoms with van der Waals surface area (Å²) in [5.41, 5.74) is 0.725. The van der Waals surface area contributed by atoms with E-state index in [1.807, 2.05) is 0 Å². The molecule has 0 saturated heterocycles. The van der Waals surface area contributed by atoms with Crippen LogP contribution in [0.4, 0.5) is 26.3 Å². The normalized spacial score (nSPS) is 12.6. The standard InChI is InChI=1S/C21H18F6N4O2/c1-19(2,33-15-9-8-11(16(28)32)10-14(15)21(25,26)27)18-30-29-17(31(18)3)12-6-4-5-7-13(12)20(22,23)24/h4-10H,1-3H3,(H2,28,32). The minimum Gasteiger partial charge on any atom is -0.479 e. The Balaban J connectivity index is 2.05. The zero-order chi connectivity index (χ0) is 24.8. The van der Waals surface area contributed by atoms with E-state index in [1.54, 1.807) is 0 Å². The van der Waals surface area contributed by atoms with Crippen LogP contribution in [0.25, 0.3) is 11.4 Å². The van der Waals surface area contributed by atoms with Gasteiger partial charge in [0.05, 0.1) is 11.1 Å². The van der Waals surface area contributed by atoms with E-state index in [9.17, 15) is 31.1 Å². The van der Waals surface area contributed by atoms with Crippen molar-refractivity contribution in [2.75, 3.05) is 0 Å². The van der Waals surface area contributed by atoms with Gasteiger partial charge in [0.1, 0.15) is 5.75 Å². The summed E-state index contributed by atoms with van der Waals surface area (Å²) in [6.07, 6.45) is -9.52. The van der Waals surface area contributed by atoms with Gasteiger partial charge in [-0.25, -0.2) is 0 Å². The molecule has 0 aliphatic heterocycles. The Morgan fingerprint density at radius 3 is 2.12 bits per heavy atom. The molecular formula is C21H18F6N4O2. The Morgan fingerprint density at radius 2 is 1.55 bits per heavy atom. The molecule has 0 fully saturated rings. The average Bonchev–Trinajstić information content (AvgIpc) is 3.08. The molecule has 176 valence electrons. The molecule has 0 saturated carbocycles. The predicted molar refractivity (Wildman–Crippen MR) is 105 cm³/mol. The Morgan fingerprint density at radius 1 is 0.939 bits per heavy atom. The number of carbonyl (C=O) groups excluding carboxylic acids is 1. The molecule has 6 nitrogen and oxygen atoms in total. The maximum atomic E-state index is 13.6. The van der Waals surface area contributed by atoms with E-state index >= 15 is 0 Å². The number of halogens is 6. The van der Waals surface area contributed by atoms with Gasteiger partial charge >= 0.3 is 12.4 Å². The first-order valence-electron chi connectivity index (χ1n) is 9.39. The largest absolute Gasteiger partial charge is 0.479 e. The van der Waals surface area contributed by atoms with Crippen molar-refractivity contribution < 1.29 is 35.9 Å². The highest BCUT2D eigenvalue weighted by atomic mass is 19.4. The Hall–Kier alpha value is -3.57. The number of benzene rings is 2. The monoisotopic (exact) mass is 472 g/mol.